The molecule has 0 saturated carbocycles. The number of carbonyl (C=O) groups excluding carboxylic acids is 4. The topological polar surface area (TPSA) is 141 Å². The van der Waals surface area contributed by atoms with Gasteiger partial charge in [-0.1, -0.05) is 19.3 Å². The molecule has 41 heavy (non-hydrogen) atoms. The Labute approximate surface area is 248 Å². The molecule has 0 aromatic carbocycles. The second-order valence-electron chi connectivity index (χ2n) is 12.0. The Kier molecular flexibility index (Phi) is 19.4. The van der Waals surface area contributed by atoms with Crippen molar-refractivity contribution in [2.45, 2.75) is 112 Å². The zero-order chi connectivity index (χ0) is 31.3. The molecule has 0 aromatic rings. The van der Waals surface area contributed by atoms with Crippen LogP contribution in [0.1, 0.15) is 100 Å². The second kappa shape index (κ2) is 20.9. The molecule has 240 valence electrons. The minimum atomic E-state index is -0.577. The first-order valence-electron chi connectivity index (χ1n) is 15.2. The maximum atomic E-state index is 12.7. The summed E-state index contributed by atoms with van der Waals surface area (Å²) in [4.78, 5) is 52.0. The Morgan fingerprint density at radius 2 is 0.829 bits per heavy atom. The van der Waals surface area contributed by atoms with E-state index in [-0.39, 0.29) is 24.2 Å². The molecular weight excluding hydrogens is 528 g/mol. The lowest BCUT2D eigenvalue weighted by Crippen LogP contribution is -2.40. The highest BCUT2D eigenvalue weighted by molar-refractivity contribution is 5.74. The van der Waals surface area contributed by atoms with Gasteiger partial charge in [-0.15, -0.1) is 0 Å². The monoisotopic (exact) mass is 586 g/mol. The van der Waals surface area contributed by atoms with Crippen molar-refractivity contribution in [2.75, 3.05) is 52.4 Å². The Balaban J connectivity index is 4.60. The number of nitrogens with zero attached hydrogens (tertiary/aromatic N) is 2. The van der Waals surface area contributed by atoms with E-state index in [1.165, 1.54) is 0 Å². The summed E-state index contributed by atoms with van der Waals surface area (Å²) in [7, 11) is 0. The normalized spacial score (nSPS) is 11.3. The van der Waals surface area contributed by atoms with Gasteiger partial charge < -0.3 is 40.5 Å². The molecule has 0 saturated heterocycles. The van der Waals surface area contributed by atoms with Gasteiger partial charge in [-0.25, -0.2) is 19.2 Å². The fourth-order valence-corrected chi connectivity index (χ4v) is 3.77. The second-order valence-corrected chi connectivity index (χ2v) is 12.0. The third-order valence-electron chi connectivity index (χ3n) is 5.61. The lowest BCUT2D eigenvalue weighted by atomic mass is 10.1. The molecule has 0 rings (SSSR count). The summed E-state index contributed by atoms with van der Waals surface area (Å²) in [6.07, 6.45) is 5.12. The Bertz CT molecular complexity index is 704. The zero-order valence-corrected chi connectivity index (χ0v) is 27.0. The van der Waals surface area contributed by atoms with Gasteiger partial charge >= 0.3 is 24.2 Å². The largest absolute Gasteiger partial charge is 0.444 e. The summed E-state index contributed by atoms with van der Waals surface area (Å²) >= 11 is 0. The first kappa shape index (κ1) is 38.1. The lowest BCUT2D eigenvalue weighted by Gasteiger charge is -2.28. The third kappa shape index (κ3) is 22.5. The van der Waals surface area contributed by atoms with Crippen LogP contribution < -0.4 is 21.3 Å². The quantitative estimate of drug-likeness (QED) is 0.170. The number of amides is 6. The SMILES string of the molecule is CCNC(=O)NCCCN(CCCCCCCN(CCCNC(=O)NCC)C(=O)OC(C)(C)C)C(=O)OC(C)(C)C. The summed E-state index contributed by atoms with van der Waals surface area (Å²) in [5.74, 6) is 0. The van der Waals surface area contributed by atoms with E-state index in [0.29, 0.717) is 65.2 Å². The molecule has 0 aromatic heterocycles. The van der Waals surface area contributed by atoms with Crippen molar-refractivity contribution in [3.8, 4) is 0 Å². The van der Waals surface area contributed by atoms with Crippen LogP contribution in [0.25, 0.3) is 0 Å². The number of ether oxygens (including phenoxy) is 2. The fraction of sp³-hybridized carbons (Fsp3) is 0.862. The summed E-state index contributed by atoms with van der Waals surface area (Å²) in [5, 5.41) is 10.9. The van der Waals surface area contributed by atoms with E-state index in [4.69, 9.17) is 9.47 Å². The molecule has 4 N–H and O–H groups in total. The minimum Gasteiger partial charge on any atom is -0.444 e. The van der Waals surface area contributed by atoms with E-state index in [0.717, 1.165) is 32.1 Å². The Morgan fingerprint density at radius 3 is 1.15 bits per heavy atom. The molecule has 6 amide bonds. The molecule has 0 aliphatic rings. The minimum absolute atomic E-state index is 0.211. The highest BCUT2D eigenvalue weighted by Gasteiger charge is 2.23. The maximum absolute atomic E-state index is 12.7. The van der Waals surface area contributed by atoms with Crippen LogP contribution in [0.15, 0.2) is 0 Å². The molecule has 0 bridgehead atoms. The molecule has 0 spiro atoms. The van der Waals surface area contributed by atoms with Gasteiger partial charge in [-0.05, 0) is 81.1 Å². The summed E-state index contributed by atoms with van der Waals surface area (Å²) < 4.78 is 11.1. The lowest BCUT2D eigenvalue weighted by molar-refractivity contribution is 0.0238. The van der Waals surface area contributed by atoms with Crippen molar-refractivity contribution in [1.82, 2.24) is 31.1 Å². The number of urea groups is 2. The van der Waals surface area contributed by atoms with Crippen LogP contribution in [-0.2, 0) is 9.47 Å². The molecule has 0 atom stereocenters. The van der Waals surface area contributed by atoms with Crippen LogP contribution in [0.4, 0.5) is 19.2 Å². The predicted molar refractivity (Wildman–Crippen MR) is 162 cm³/mol. The molecular formula is C29H58N6O6. The first-order chi connectivity index (χ1) is 19.2. The van der Waals surface area contributed by atoms with Crippen molar-refractivity contribution < 1.29 is 28.7 Å². The van der Waals surface area contributed by atoms with Crippen LogP contribution in [0.2, 0.25) is 0 Å². The van der Waals surface area contributed by atoms with Crippen molar-refractivity contribution in [2.24, 2.45) is 0 Å². The van der Waals surface area contributed by atoms with Gasteiger partial charge in [0.05, 0.1) is 0 Å². The number of hydrogen-bond acceptors (Lipinski definition) is 6. The van der Waals surface area contributed by atoms with Crippen LogP contribution >= 0.6 is 0 Å². The average molecular weight is 587 g/mol. The zero-order valence-electron chi connectivity index (χ0n) is 27.0. The summed E-state index contributed by atoms with van der Waals surface area (Å²) in [6.45, 7) is 19.0. The maximum Gasteiger partial charge on any atom is 0.410 e. The first-order valence-corrected chi connectivity index (χ1v) is 15.2. The number of hydrogen-bond donors (Lipinski definition) is 4. The summed E-state index contributed by atoms with van der Waals surface area (Å²) in [6, 6.07) is -0.421. The van der Waals surface area contributed by atoms with Gasteiger partial charge in [0.1, 0.15) is 11.2 Å². The molecule has 0 unspecified atom stereocenters. The predicted octanol–water partition coefficient (Wildman–Crippen LogP) is 4.83. The van der Waals surface area contributed by atoms with Gasteiger partial charge in [0.15, 0.2) is 0 Å². The molecule has 0 radical (unpaired) electrons. The van der Waals surface area contributed by atoms with Crippen LogP contribution in [0.5, 0.6) is 0 Å². The molecule has 0 aliphatic carbocycles. The summed E-state index contributed by atoms with van der Waals surface area (Å²) in [5.41, 5.74) is -1.15. The van der Waals surface area contributed by atoms with E-state index in [1.54, 1.807) is 9.80 Å². The molecule has 0 heterocycles. The smallest absolute Gasteiger partial charge is 0.410 e. The van der Waals surface area contributed by atoms with Crippen LogP contribution in [0, 0.1) is 0 Å². The van der Waals surface area contributed by atoms with Crippen molar-refractivity contribution in [1.29, 1.82) is 0 Å². The number of unbranched alkanes of at least 4 members (excludes halogenated alkanes) is 4. The van der Waals surface area contributed by atoms with Crippen molar-refractivity contribution in [3.05, 3.63) is 0 Å². The van der Waals surface area contributed by atoms with E-state index in [9.17, 15) is 19.2 Å². The van der Waals surface area contributed by atoms with Crippen LogP contribution in [0.3, 0.4) is 0 Å². The van der Waals surface area contributed by atoms with E-state index in [2.05, 4.69) is 21.3 Å². The molecule has 12 nitrogen and oxygen atoms in total. The molecule has 0 aliphatic heterocycles. The van der Waals surface area contributed by atoms with Crippen molar-refractivity contribution in [3.63, 3.8) is 0 Å². The standard InChI is InChI=1S/C29H58N6O6/c1-9-30-24(36)32-18-16-22-34(26(38)40-28(3,4)5)20-14-12-11-13-15-21-35(27(39)41-29(6,7)8)23-17-19-33-25(37)31-10-2/h9-23H2,1-8H3,(H2,30,32,36)(H2,31,33,37). The number of carbonyl (C=O) groups is 4. The van der Waals surface area contributed by atoms with Gasteiger partial charge in [-0.3, -0.25) is 0 Å². The third-order valence-corrected chi connectivity index (χ3v) is 5.61. The highest BCUT2D eigenvalue weighted by Crippen LogP contribution is 2.14. The number of nitrogens with one attached hydrogen (secondary N) is 4. The van der Waals surface area contributed by atoms with Crippen molar-refractivity contribution >= 4 is 24.2 Å². The molecule has 12 heteroatoms. The fourth-order valence-electron chi connectivity index (χ4n) is 3.77. The van der Waals surface area contributed by atoms with E-state index in [1.807, 2.05) is 55.4 Å². The Morgan fingerprint density at radius 1 is 0.512 bits per heavy atom. The van der Waals surface area contributed by atoms with E-state index < -0.39 is 11.2 Å². The van der Waals surface area contributed by atoms with Crippen LogP contribution in [-0.4, -0.2) is 97.6 Å². The highest BCUT2D eigenvalue weighted by atomic mass is 16.6. The molecule has 0 fully saturated rings. The van der Waals surface area contributed by atoms with Gasteiger partial charge in [-0.2, -0.15) is 0 Å². The van der Waals surface area contributed by atoms with Gasteiger partial charge in [0, 0.05) is 52.4 Å². The van der Waals surface area contributed by atoms with Gasteiger partial charge in [0.2, 0.25) is 0 Å². The van der Waals surface area contributed by atoms with E-state index >= 15 is 0 Å². The Hall–Kier alpha value is -2.92. The van der Waals surface area contributed by atoms with Gasteiger partial charge in [0.25, 0.3) is 0 Å². The number of rotatable bonds is 18. The average Bonchev–Trinajstić information content (AvgIpc) is 2.83.